The summed E-state index contributed by atoms with van der Waals surface area (Å²) in [6.07, 6.45) is 1.76. The molecule has 0 unspecified atom stereocenters. The first-order chi connectivity index (χ1) is 12.7. The summed E-state index contributed by atoms with van der Waals surface area (Å²) < 4.78 is 0. The Labute approximate surface area is 161 Å². The minimum absolute atomic E-state index is 0.119. The van der Waals surface area contributed by atoms with Crippen LogP contribution < -0.4 is 10.6 Å². The number of halogens is 1. The number of carbonyl (C=O) groups excluding carboxylic acids is 4. The van der Waals surface area contributed by atoms with E-state index >= 15 is 0 Å². The van der Waals surface area contributed by atoms with E-state index < -0.39 is 35.8 Å². The first-order valence-corrected chi connectivity index (χ1v) is 9.02. The van der Waals surface area contributed by atoms with E-state index in [1.54, 1.807) is 31.2 Å². The van der Waals surface area contributed by atoms with Gasteiger partial charge in [-0.3, -0.25) is 19.3 Å². The molecule has 9 heteroatoms. The molecule has 1 saturated carbocycles. The molecule has 2 aliphatic rings. The molecule has 1 atom stereocenters. The second-order valence-electron chi connectivity index (χ2n) is 7.08. The van der Waals surface area contributed by atoms with Crippen molar-refractivity contribution in [3.8, 4) is 0 Å². The predicted molar refractivity (Wildman–Crippen MR) is 99.1 cm³/mol. The van der Waals surface area contributed by atoms with Crippen LogP contribution in [0.1, 0.15) is 19.8 Å². The number of amides is 5. The average Bonchev–Trinajstić information content (AvgIpc) is 3.43. The lowest BCUT2D eigenvalue weighted by atomic mass is 9.96. The molecule has 1 heterocycles. The van der Waals surface area contributed by atoms with E-state index in [9.17, 15) is 19.2 Å². The molecule has 1 aliphatic carbocycles. The fraction of sp³-hybridized carbons (Fsp3) is 0.444. The van der Waals surface area contributed by atoms with Crippen molar-refractivity contribution in [2.75, 3.05) is 25.5 Å². The normalized spacial score (nSPS) is 21.8. The zero-order chi connectivity index (χ0) is 19.8. The molecule has 1 aromatic carbocycles. The highest BCUT2D eigenvalue weighted by atomic mass is 35.5. The number of urea groups is 1. The van der Waals surface area contributed by atoms with Crippen molar-refractivity contribution in [1.29, 1.82) is 0 Å². The van der Waals surface area contributed by atoms with E-state index in [1.807, 2.05) is 0 Å². The topological polar surface area (TPSA) is 98.8 Å². The van der Waals surface area contributed by atoms with Gasteiger partial charge in [-0.2, -0.15) is 0 Å². The Balaban J connectivity index is 1.56. The number of imide groups is 1. The Morgan fingerprint density at radius 2 is 2.00 bits per heavy atom. The highest BCUT2D eigenvalue weighted by molar-refractivity contribution is 6.33. The van der Waals surface area contributed by atoms with Gasteiger partial charge in [0.2, 0.25) is 11.8 Å². The van der Waals surface area contributed by atoms with Crippen molar-refractivity contribution in [1.82, 2.24) is 15.1 Å². The standard InChI is InChI=1S/C18H21ClN4O4/c1-18(11-7-8-11)16(26)23(17(27)21-18)10-15(25)22(2)9-14(24)20-13-6-4-3-5-12(13)19/h3-6,11H,7-10H2,1-2H3,(H,20,24)(H,21,27)/t18-/m1/s1. The largest absolute Gasteiger partial charge is 0.335 e. The zero-order valence-electron chi connectivity index (χ0n) is 15.1. The molecule has 2 fully saturated rings. The molecule has 8 nitrogen and oxygen atoms in total. The number of carbonyl (C=O) groups is 4. The Hall–Kier alpha value is -2.61. The highest BCUT2D eigenvalue weighted by Gasteiger charge is 2.56. The summed E-state index contributed by atoms with van der Waals surface area (Å²) in [7, 11) is 1.44. The molecule has 0 radical (unpaired) electrons. The number of rotatable bonds is 6. The van der Waals surface area contributed by atoms with E-state index in [2.05, 4.69) is 10.6 Å². The van der Waals surface area contributed by atoms with Crippen LogP contribution in [0.5, 0.6) is 0 Å². The van der Waals surface area contributed by atoms with Crippen molar-refractivity contribution in [3.63, 3.8) is 0 Å². The van der Waals surface area contributed by atoms with Gasteiger partial charge in [0.05, 0.1) is 17.3 Å². The molecule has 0 aromatic heterocycles. The second-order valence-corrected chi connectivity index (χ2v) is 7.48. The maximum Gasteiger partial charge on any atom is 0.325 e. The Bertz CT molecular complexity index is 810. The van der Waals surface area contributed by atoms with Gasteiger partial charge in [0.1, 0.15) is 12.1 Å². The lowest BCUT2D eigenvalue weighted by Gasteiger charge is -2.22. The molecule has 0 bridgehead atoms. The molecule has 1 saturated heterocycles. The number of likely N-dealkylation sites (N-methyl/N-ethyl adjacent to an activating group) is 1. The average molecular weight is 393 g/mol. The molecule has 1 aliphatic heterocycles. The Morgan fingerprint density at radius 3 is 2.63 bits per heavy atom. The summed E-state index contributed by atoms with van der Waals surface area (Å²) in [5, 5.41) is 5.70. The van der Waals surface area contributed by atoms with Crippen LogP contribution in [0.15, 0.2) is 24.3 Å². The lowest BCUT2D eigenvalue weighted by molar-refractivity contribution is -0.139. The van der Waals surface area contributed by atoms with Crippen LogP contribution in [0.4, 0.5) is 10.5 Å². The van der Waals surface area contributed by atoms with Crippen LogP contribution in [0.25, 0.3) is 0 Å². The third-order valence-corrected chi connectivity index (χ3v) is 5.27. The smallest absolute Gasteiger partial charge is 0.325 e. The number of nitrogens with one attached hydrogen (secondary N) is 2. The van der Waals surface area contributed by atoms with E-state index in [0.717, 1.165) is 17.7 Å². The SMILES string of the molecule is CN(CC(=O)Nc1ccccc1Cl)C(=O)CN1C(=O)N[C@](C)(C2CC2)C1=O. The number of hydrogen-bond donors (Lipinski definition) is 2. The van der Waals surface area contributed by atoms with Gasteiger partial charge in [-0.1, -0.05) is 23.7 Å². The number of anilines is 1. The monoisotopic (exact) mass is 392 g/mol. The lowest BCUT2D eigenvalue weighted by Crippen LogP contribution is -2.47. The summed E-state index contributed by atoms with van der Waals surface area (Å²) in [6, 6.07) is 6.18. The van der Waals surface area contributed by atoms with Crippen molar-refractivity contribution >= 4 is 41.0 Å². The maximum atomic E-state index is 12.6. The molecule has 2 N–H and O–H groups in total. The van der Waals surface area contributed by atoms with Crippen LogP contribution in [-0.2, 0) is 14.4 Å². The van der Waals surface area contributed by atoms with Crippen LogP contribution in [-0.4, -0.2) is 59.2 Å². The van der Waals surface area contributed by atoms with Gasteiger partial charge < -0.3 is 15.5 Å². The summed E-state index contributed by atoms with van der Waals surface area (Å²) >= 11 is 5.99. The van der Waals surface area contributed by atoms with Crippen molar-refractivity contribution in [2.24, 2.45) is 5.92 Å². The van der Waals surface area contributed by atoms with Gasteiger partial charge in [0.15, 0.2) is 0 Å². The van der Waals surface area contributed by atoms with Crippen molar-refractivity contribution in [3.05, 3.63) is 29.3 Å². The third kappa shape index (κ3) is 3.90. The minimum atomic E-state index is -0.933. The fourth-order valence-corrected chi connectivity index (χ4v) is 3.29. The first-order valence-electron chi connectivity index (χ1n) is 8.65. The van der Waals surface area contributed by atoms with Crippen LogP contribution in [0.3, 0.4) is 0 Å². The number of nitrogens with zero attached hydrogens (tertiary/aromatic N) is 2. The fourth-order valence-electron chi connectivity index (χ4n) is 3.11. The van der Waals surface area contributed by atoms with E-state index in [1.165, 1.54) is 11.9 Å². The molecule has 0 spiro atoms. The van der Waals surface area contributed by atoms with E-state index in [4.69, 9.17) is 11.6 Å². The minimum Gasteiger partial charge on any atom is -0.335 e. The van der Waals surface area contributed by atoms with Gasteiger partial charge in [-0.25, -0.2) is 4.79 Å². The van der Waals surface area contributed by atoms with Gasteiger partial charge in [-0.15, -0.1) is 0 Å². The van der Waals surface area contributed by atoms with E-state index in [0.29, 0.717) is 10.7 Å². The second kappa shape index (κ2) is 7.19. The summed E-state index contributed by atoms with van der Waals surface area (Å²) in [6.45, 7) is 1.06. The quantitative estimate of drug-likeness (QED) is 0.716. The van der Waals surface area contributed by atoms with Crippen LogP contribution in [0.2, 0.25) is 5.02 Å². The summed E-state index contributed by atoms with van der Waals surface area (Å²) in [5.74, 6) is -1.21. The van der Waals surface area contributed by atoms with E-state index in [-0.39, 0.29) is 12.5 Å². The molecular formula is C18H21ClN4O4. The van der Waals surface area contributed by atoms with Gasteiger partial charge in [0.25, 0.3) is 5.91 Å². The zero-order valence-corrected chi connectivity index (χ0v) is 15.9. The number of para-hydroxylation sites is 1. The first kappa shape index (κ1) is 19.2. The maximum absolute atomic E-state index is 12.6. The molecule has 5 amide bonds. The van der Waals surface area contributed by atoms with Crippen LogP contribution in [0, 0.1) is 5.92 Å². The van der Waals surface area contributed by atoms with Gasteiger partial charge >= 0.3 is 6.03 Å². The third-order valence-electron chi connectivity index (χ3n) is 4.94. The number of hydrogen-bond acceptors (Lipinski definition) is 4. The molecule has 27 heavy (non-hydrogen) atoms. The summed E-state index contributed by atoms with van der Waals surface area (Å²) in [5.41, 5.74) is -0.489. The van der Waals surface area contributed by atoms with Crippen molar-refractivity contribution < 1.29 is 19.2 Å². The highest BCUT2D eigenvalue weighted by Crippen LogP contribution is 2.42. The molecule has 3 rings (SSSR count). The molecule has 144 valence electrons. The summed E-state index contributed by atoms with van der Waals surface area (Å²) in [4.78, 5) is 51.3. The van der Waals surface area contributed by atoms with Gasteiger partial charge in [-0.05, 0) is 37.8 Å². The predicted octanol–water partition coefficient (Wildman–Crippen LogP) is 1.46. The Morgan fingerprint density at radius 1 is 1.33 bits per heavy atom. The van der Waals surface area contributed by atoms with Gasteiger partial charge in [0, 0.05) is 7.05 Å². The number of benzene rings is 1. The molecule has 1 aromatic rings. The van der Waals surface area contributed by atoms with Crippen molar-refractivity contribution in [2.45, 2.75) is 25.3 Å². The van der Waals surface area contributed by atoms with Crippen LogP contribution >= 0.6 is 11.6 Å². The Kier molecular flexibility index (Phi) is 5.10. The molecular weight excluding hydrogens is 372 g/mol.